The second kappa shape index (κ2) is 6.33. The Bertz CT molecular complexity index is 626. The van der Waals surface area contributed by atoms with Gasteiger partial charge in [0.1, 0.15) is 0 Å². The van der Waals surface area contributed by atoms with Crippen molar-refractivity contribution in [3.63, 3.8) is 0 Å². The molecule has 0 unspecified atom stereocenters. The zero-order valence-corrected chi connectivity index (χ0v) is 12.0. The summed E-state index contributed by atoms with van der Waals surface area (Å²) in [5.41, 5.74) is 0.701. The SMILES string of the molecule is O=C(CCn1cccn1)Nc1ccc(C(=O)O)cc1Br. The normalized spacial score (nSPS) is 10.2. The summed E-state index contributed by atoms with van der Waals surface area (Å²) in [5.74, 6) is -1.17. The third-order valence-corrected chi connectivity index (χ3v) is 3.27. The van der Waals surface area contributed by atoms with Crippen molar-refractivity contribution in [3.8, 4) is 0 Å². The van der Waals surface area contributed by atoms with Crippen molar-refractivity contribution in [1.82, 2.24) is 9.78 Å². The van der Waals surface area contributed by atoms with Gasteiger partial charge in [0, 0.05) is 29.8 Å². The highest BCUT2D eigenvalue weighted by atomic mass is 79.9. The van der Waals surface area contributed by atoms with E-state index in [4.69, 9.17) is 5.11 Å². The van der Waals surface area contributed by atoms with Crippen LogP contribution >= 0.6 is 15.9 Å². The van der Waals surface area contributed by atoms with Gasteiger partial charge in [0.25, 0.3) is 0 Å². The number of amides is 1. The average Bonchev–Trinajstić information content (AvgIpc) is 2.91. The Kier molecular flexibility index (Phi) is 4.52. The van der Waals surface area contributed by atoms with E-state index in [1.165, 1.54) is 12.1 Å². The number of hydrogen-bond donors (Lipinski definition) is 2. The lowest BCUT2D eigenvalue weighted by molar-refractivity contribution is -0.116. The molecular formula is C13H12BrN3O3. The fraction of sp³-hybridized carbons (Fsp3) is 0.154. The number of hydrogen-bond acceptors (Lipinski definition) is 3. The summed E-state index contributed by atoms with van der Waals surface area (Å²) in [6.07, 6.45) is 3.72. The van der Waals surface area contributed by atoms with Crippen LogP contribution in [-0.4, -0.2) is 26.8 Å². The summed E-state index contributed by atoms with van der Waals surface area (Å²) >= 11 is 3.24. The van der Waals surface area contributed by atoms with Gasteiger partial charge in [0.2, 0.25) is 5.91 Å². The number of carboxylic acids is 1. The Morgan fingerprint density at radius 2 is 2.20 bits per heavy atom. The lowest BCUT2D eigenvalue weighted by Gasteiger charge is -2.08. The van der Waals surface area contributed by atoms with Crippen molar-refractivity contribution in [3.05, 3.63) is 46.7 Å². The summed E-state index contributed by atoms with van der Waals surface area (Å²) in [6.45, 7) is 0.490. The molecule has 1 aromatic heterocycles. The fourth-order valence-corrected chi connectivity index (χ4v) is 2.09. The molecule has 2 aromatic rings. The van der Waals surface area contributed by atoms with Crippen molar-refractivity contribution in [2.45, 2.75) is 13.0 Å². The van der Waals surface area contributed by atoms with E-state index >= 15 is 0 Å². The molecule has 0 aliphatic carbocycles. The molecule has 20 heavy (non-hydrogen) atoms. The molecule has 7 heteroatoms. The number of nitrogens with zero attached hydrogens (tertiary/aromatic N) is 2. The van der Waals surface area contributed by atoms with Crippen LogP contribution in [0.3, 0.4) is 0 Å². The maximum Gasteiger partial charge on any atom is 0.335 e. The zero-order chi connectivity index (χ0) is 14.5. The molecule has 0 spiro atoms. The van der Waals surface area contributed by atoms with E-state index in [0.29, 0.717) is 16.7 Å². The van der Waals surface area contributed by atoms with Crippen LogP contribution in [0.15, 0.2) is 41.1 Å². The molecule has 0 aliphatic heterocycles. The molecule has 0 saturated heterocycles. The van der Waals surface area contributed by atoms with Crippen molar-refractivity contribution in [2.75, 3.05) is 5.32 Å². The van der Waals surface area contributed by atoms with Crippen molar-refractivity contribution < 1.29 is 14.7 Å². The van der Waals surface area contributed by atoms with E-state index < -0.39 is 5.97 Å². The van der Waals surface area contributed by atoms with Crippen LogP contribution in [0.5, 0.6) is 0 Å². The first-order chi connectivity index (χ1) is 9.56. The zero-order valence-electron chi connectivity index (χ0n) is 10.4. The molecule has 2 rings (SSSR count). The van der Waals surface area contributed by atoms with E-state index in [9.17, 15) is 9.59 Å². The highest BCUT2D eigenvalue weighted by molar-refractivity contribution is 9.10. The van der Waals surface area contributed by atoms with E-state index in [1.54, 1.807) is 29.2 Å². The summed E-state index contributed by atoms with van der Waals surface area (Å²) in [7, 11) is 0. The van der Waals surface area contributed by atoms with Crippen molar-refractivity contribution >= 4 is 33.5 Å². The molecule has 1 amide bonds. The van der Waals surface area contributed by atoms with Crippen LogP contribution in [0.2, 0.25) is 0 Å². The van der Waals surface area contributed by atoms with Gasteiger partial charge in [-0.25, -0.2) is 4.79 Å². The van der Waals surface area contributed by atoms with Gasteiger partial charge in [-0.3, -0.25) is 9.48 Å². The molecule has 0 fully saturated rings. The standard InChI is InChI=1S/C13H12BrN3O3/c14-10-8-9(13(19)20)2-3-11(10)16-12(18)4-7-17-6-1-5-15-17/h1-3,5-6,8H,4,7H2,(H,16,18)(H,19,20). The van der Waals surface area contributed by atoms with Crippen LogP contribution in [0.1, 0.15) is 16.8 Å². The summed E-state index contributed by atoms with van der Waals surface area (Å²) < 4.78 is 2.20. The van der Waals surface area contributed by atoms with Gasteiger partial charge >= 0.3 is 5.97 Å². The van der Waals surface area contributed by atoms with Crippen LogP contribution in [0, 0.1) is 0 Å². The second-order valence-corrected chi connectivity index (χ2v) is 4.92. The minimum atomic E-state index is -1.01. The van der Waals surface area contributed by atoms with Crippen LogP contribution in [0.4, 0.5) is 5.69 Å². The molecule has 0 aliphatic rings. The number of rotatable bonds is 5. The van der Waals surface area contributed by atoms with E-state index in [-0.39, 0.29) is 17.9 Å². The Morgan fingerprint density at radius 1 is 1.40 bits per heavy atom. The summed E-state index contributed by atoms with van der Waals surface area (Å²) in [6, 6.07) is 6.24. The van der Waals surface area contributed by atoms with E-state index in [2.05, 4.69) is 26.3 Å². The second-order valence-electron chi connectivity index (χ2n) is 4.07. The molecule has 1 heterocycles. The van der Waals surface area contributed by atoms with Crippen LogP contribution in [-0.2, 0) is 11.3 Å². The molecule has 0 bridgehead atoms. The molecular weight excluding hydrogens is 326 g/mol. The Labute approximate surface area is 123 Å². The van der Waals surface area contributed by atoms with Gasteiger partial charge in [-0.15, -0.1) is 0 Å². The smallest absolute Gasteiger partial charge is 0.335 e. The number of carbonyl (C=O) groups excluding carboxylic acids is 1. The van der Waals surface area contributed by atoms with Gasteiger partial charge in [0.05, 0.1) is 11.3 Å². The quantitative estimate of drug-likeness (QED) is 0.877. The maximum atomic E-state index is 11.8. The molecule has 0 radical (unpaired) electrons. The predicted octanol–water partition coefficient (Wildman–Crippen LogP) is 2.37. The average molecular weight is 338 g/mol. The first-order valence-electron chi connectivity index (χ1n) is 5.86. The van der Waals surface area contributed by atoms with Gasteiger partial charge in [0.15, 0.2) is 0 Å². The number of aryl methyl sites for hydroxylation is 1. The Balaban J connectivity index is 1.95. The van der Waals surface area contributed by atoms with Crippen molar-refractivity contribution in [2.24, 2.45) is 0 Å². The number of halogens is 1. The molecule has 0 atom stereocenters. The number of carbonyl (C=O) groups is 2. The largest absolute Gasteiger partial charge is 0.478 e. The highest BCUT2D eigenvalue weighted by Gasteiger charge is 2.09. The fourth-order valence-electron chi connectivity index (χ4n) is 1.61. The van der Waals surface area contributed by atoms with Crippen molar-refractivity contribution in [1.29, 1.82) is 0 Å². The number of nitrogens with one attached hydrogen (secondary N) is 1. The predicted molar refractivity (Wildman–Crippen MR) is 76.6 cm³/mol. The number of anilines is 1. The third kappa shape index (κ3) is 3.67. The first-order valence-corrected chi connectivity index (χ1v) is 6.65. The highest BCUT2D eigenvalue weighted by Crippen LogP contribution is 2.23. The first kappa shape index (κ1) is 14.3. The molecule has 104 valence electrons. The molecule has 1 aromatic carbocycles. The van der Waals surface area contributed by atoms with Gasteiger partial charge < -0.3 is 10.4 Å². The summed E-state index contributed by atoms with van der Waals surface area (Å²) in [5, 5.41) is 15.6. The molecule has 6 nitrogen and oxygen atoms in total. The third-order valence-electron chi connectivity index (χ3n) is 2.62. The van der Waals surface area contributed by atoms with E-state index in [0.717, 1.165) is 0 Å². The number of carboxylic acid groups (broad SMARTS) is 1. The van der Waals surface area contributed by atoms with Crippen LogP contribution in [0.25, 0.3) is 0 Å². The van der Waals surface area contributed by atoms with Crippen LogP contribution < -0.4 is 5.32 Å². The number of aromatic carboxylic acids is 1. The molecule has 2 N–H and O–H groups in total. The Morgan fingerprint density at radius 3 is 2.80 bits per heavy atom. The molecule has 0 saturated carbocycles. The van der Waals surface area contributed by atoms with Gasteiger partial charge in [-0.2, -0.15) is 5.10 Å². The minimum Gasteiger partial charge on any atom is -0.478 e. The minimum absolute atomic E-state index is 0.159. The topological polar surface area (TPSA) is 84.2 Å². The lowest BCUT2D eigenvalue weighted by atomic mass is 10.2. The maximum absolute atomic E-state index is 11.8. The van der Waals surface area contributed by atoms with Gasteiger partial charge in [-0.1, -0.05) is 0 Å². The van der Waals surface area contributed by atoms with Gasteiger partial charge in [-0.05, 0) is 40.2 Å². The number of benzene rings is 1. The Hall–Kier alpha value is -2.15. The summed E-state index contributed by atoms with van der Waals surface area (Å²) in [4.78, 5) is 22.6. The number of aromatic nitrogens is 2. The monoisotopic (exact) mass is 337 g/mol. The lowest BCUT2D eigenvalue weighted by Crippen LogP contribution is -2.15. The van der Waals surface area contributed by atoms with E-state index in [1.807, 2.05) is 0 Å².